The van der Waals surface area contributed by atoms with Crippen LogP contribution in [0.3, 0.4) is 0 Å². The van der Waals surface area contributed by atoms with E-state index in [4.69, 9.17) is 44.3 Å². The Bertz CT molecular complexity index is 694. The van der Waals surface area contributed by atoms with Crippen LogP contribution in [0.1, 0.15) is 13.3 Å². The van der Waals surface area contributed by atoms with Crippen LogP contribution in [0.4, 0.5) is 11.4 Å². The number of rotatable bonds is 9. The average molecular weight is 401 g/mol. The molecule has 0 aliphatic heterocycles. The highest BCUT2D eigenvalue weighted by Gasteiger charge is 2.10. The van der Waals surface area contributed by atoms with Crippen LogP contribution in [0, 0.1) is 0 Å². The summed E-state index contributed by atoms with van der Waals surface area (Å²) in [5, 5.41) is 4.15. The fourth-order valence-electron chi connectivity index (χ4n) is 2.01. The molecule has 2 aromatic rings. The van der Waals surface area contributed by atoms with Gasteiger partial charge in [0.05, 0.1) is 16.7 Å². The predicted molar refractivity (Wildman–Crippen MR) is 107 cm³/mol. The number of benzene rings is 2. The fourth-order valence-corrected chi connectivity index (χ4v) is 2.71. The first-order valence-electron chi connectivity index (χ1n) is 7.81. The minimum absolute atomic E-state index is 0.450. The van der Waals surface area contributed by atoms with E-state index in [1.165, 1.54) is 0 Å². The van der Waals surface area contributed by atoms with Crippen molar-refractivity contribution >= 4 is 46.2 Å². The first kappa shape index (κ1) is 19.8. The Morgan fingerprint density at radius 1 is 1.04 bits per heavy atom. The molecular formula is C19H20Cl3NO2. The summed E-state index contributed by atoms with van der Waals surface area (Å²) in [7, 11) is 0. The van der Waals surface area contributed by atoms with Crippen LogP contribution in [-0.4, -0.2) is 19.1 Å². The van der Waals surface area contributed by atoms with E-state index in [9.17, 15) is 0 Å². The van der Waals surface area contributed by atoms with Crippen LogP contribution >= 0.6 is 34.8 Å². The van der Waals surface area contributed by atoms with E-state index in [1.807, 2.05) is 31.2 Å². The van der Waals surface area contributed by atoms with E-state index in [-0.39, 0.29) is 0 Å². The molecule has 0 saturated carbocycles. The first-order chi connectivity index (χ1) is 12.0. The lowest BCUT2D eigenvalue weighted by Gasteiger charge is -2.13. The van der Waals surface area contributed by atoms with Gasteiger partial charge in [0.1, 0.15) is 12.4 Å². The van der Waals surface area contributed by atoms with Crippen molar-refractivity contribution in [3.8, 4) is 11.5 Å². The molecule has 0 atom stereocenters. The van der Waals surface area contributed by atoms with Crippen molar-refractivity contribution in [3.05, 3.63) is 58.6 Å². The Labute approximate surface area is 163 Å². The van der Waals surface area contributed by atoms with Crippen molar-refractivity contribution in [2.24, 2.45) is 0 Å². The number of hydrogen-bond donors (Lipinski definition) is 1. The molecule has 0 aromatic heterocycles. The summed E-state index contributed by atoms with van der Waals surface area (Å²) in [6.07, 6.45) is 0.730. The van der Waals surface area contributed by atoms with Gasteiger partial charge in [-0.15, -0.1) is 11.6 Å². The summed E-state index contributed by atoms with van der Waals surface area (Å²) in [6.45, 7) is 6.71. The van der Waals surface area contributed by atoms with Gasteiger partial charge in [0.15, 0.2) is 5.75 Å². The van der Waals surface area contributed by atoms with Crippen LogP contribution < -0.4 is 14.8 Å². The minimum atomic E-state index is 0.450. The molecule has 0 unspecified atom stereocenters. The third kappa shape index (κ3) is 6.35. The number of anilines is 2. The van der Waals surface area contributed by atoms with Crippen molar-refractivity contribution < 1.29 is 9.47 Å². The number of nitrogens with one attached hydrogen (secondary N) is 1. The summed E-state index contributed by atoms with van der Waals surface area (Å²) in [6, 6.07) is 11.2. The van der Waals surface area contributed by atoms with Crippen molar-refractivity contribution in [2.45, 2.75) is 13.3 Å². The second-order valence-electron chi connectivity index (χ2n) is 5.56. The zero-order chi connectivity index (χ0) is 18.2. The van der Waals surface area contributed by atoms with Gasteiger partial charge in [-0.3, -0.25) is 0 Å². The van der Waals surface area contributed by atoms with E-state index < -0.39 is 0 Å². The second-order valence-corrected chi connectivity index (χ2v) is 6.75. The summed E-state index contributed by atoms with van der Waals surface area (Å²) in [4.78, 5) is 0. The highest BCUT2D eigenvalue weighted by atomic mass is 35.5. The minimum Gasteiger partial charge on any atom is -0.490 e. The predicted octanol–water partition coefficient (Wildman–Crippen LogP) is 6.70. The highest BCUT2D eigenvalue weighted by Crippen LogP contribution is 2.37. The van der Waals surface area contributed by atoms with E-state index in [0.717, 1.165) is 29.1 Å². The molecule has 0 bridgehead atoms. The van der Waals surface area contributed by atoms with Crippen LogP contribution in [0.2, 0.25) is 10.0 Å². The Balaban J connectivity index is 2.03. The van der Waals surface area contributed by atoms with Crippen LogP contribution in [-0.2, 0) is 0 Å². The molecule has 6 heteroatoms. The lowest BCUT2D eigenvalue weighted by Crippen LogP contribution is -2.00. The molecule has 134 valence electrons. The Morgan fingerprint density at radius 2 is 1.68 bits per heavy atom. The van der Waals surface area contributed by atoms with Crippen LogP contribution in [0.15, 0.2) is 48.6 Å². The molecule has 1 N–H and O–H groups in total. The van der Waals surface area contributed by atoms with Gasteiger partial charge in [0, 0.05) is 17.3 Å². The summed E-state index contributed by atoms with van der Waals surface area (Å²) in [5.74, 6) is 1.79. The smallest absolute Gasteiger partial charge is 0.156 e. The summed E-state index contributed by atoms with van der Waals surface area (Å²) < 4.78 is 11.2. The molecule has 0 radical (unpaired) electrons. The number of ether oxygens (including phenoxy) is 2. The number of hydrogen-bond acceptors (Lipinski definition) is 3. The molecule has 0 aliphatic rings. The molecular weight excluding hydrogens is 381 g/mol. The fraction of sp³-hybridized carbons (Fsp3) is 0.263. The van der Waals surface area contributed by atoms with Crippen molar-refractivity contribution in [2.75, 3.05) is 24.4 Å². The second kappa shape index (κ2) is 9.81. The van der Waals surface area contributed by atoms with Crippen LogP contribution in [0.25, 0.3) is 0 Å². The van der Waals surface area contributed by atoms with E-state index in [1.54, 1.807) is 12.1 Å². The number of halogens is 3. The van der Waals surface area contributed by atoms with Gasteiger partial charge in [0.2, 0.25) is 0 Å². The monoisotopic (exact) mass is 399 g/mol. The lowest BCUT2D eigenvalue weighted by atomic mass is 10.2. The molecule has 25 heavy (non-hydrogen) atoms. The van der Waals surface area contributed by atoms with Crippen molar-refractivity contribution in [3.63, 3.8) is 0 Å². The van der Waals surface area contributed by atoms with Gasteiger partial charge in [0.25, 0.3) is 0 Å². The molecule has 0 aliphatic carbocycles. The van der Waals surface area contributed by atoms with Crippen LogP contribution in [0.5, 0.6) is 11.5 Å². The molecule has 0 heterocycles. The van der Waals surface area contributed by atoms with Crippen molar-refractivity contribution in [1.29, 1.82) is 0 Å². The highest BCUT2D eigenvalue weighted by molar-refractivity contribution is 6.37. The average Bonchev–Trinajstić information content (AvgIpc) is 2.57. The standard InChI is InChI=1S/C19H20Cl3NO2/c1-13(2)12-25-16-6-4-14(5-7-16)23-15-10-17(21)19(18(22)11-15)24-9-3-8-20/h4-7,10-11,23H,1,3,8-9,12H2,2H3. The normalized spacial score (nSPS) is 10.4. The third-order valence-electron chi connectivity index (χ3n) is 3.15. The third-order valence-corrected chi connectivity index (χ3v) is 3.98. The Hall–Kier alpha value is -1.55. The maximum atomic E-state index is 6.27. The summed E-state index contributed by atoms with van der Waals surface area (Å²) in [5.41, 5.74) is 2.64. The topological polar surface area (TPSA) is 30.5 Å². The molecule has 2 rings (SSSR count). The molecule has 0 spiro atoms. The van der Waals surface area contributed by atoms with Crippen molar-refractivity contribution in [1.82, 2.24) is 0 Å². The lowest BCUT2D eigenvalue weighted by molar-refractivity contribution is 0.319. The maximum absolute atomic E-state index is 6.27. The van der Waals surface area contributed by atoms with Gasteiger partial charge in [-0.05, 0) is 55.3 Å². The van der Waals surface area contributed by atoms with Gasteiger partial charge in [-0.1, -0.05) is 29.8 Å². The van der Waals surface area contributed by atoms with E-state index in [0.29, 0.717) is 34.9 Å². The maximum Gasteiger partial charge on any atom is 0.156 e. The Morgan fingerprint density at radius 3 is 2.24 bits per heavy atom. The van der Waals surface area contributed by atoms with Gasteiger partial charge < -0.3 is 14.8 Å². The molecule has 0 saturated heterocycles. The van der Waals surface area contributed by atoms with Gasteiger partial charge in [-0.25, -0.2) is 0 Å². The molecule has 0 fully saturated rings. The summed E-state index contributed by atoms with van der Waals surface area (Å²) >= 11 is 18.2. The quantitative estimate of drug-likeness (QED) is 0.288. The zero-order valence-electron chi connectivity index (χ0n) is 14.0. The largest absolute Gasteiger partial charge is 0.490 e. The van der Waals surface area contributed by atoms with E-state index >= 15 is 0 Å². The zero-order valence-corrected chi connectivity index (χ0v) is 16.2. The van der Waals surface area contributed by atoms with Gasteiger partial charge in [-0.2, -0.15) is 0 Å². The molecule has 2 aromatic carbocycles. The first-order valence-corrected chi connectivity index (χ1v) is 9.10. The number of alkyl halides is 1. The van der Waals surface area contributed by atoms with E-state index in [2.05, 4.69) is 11.9 Å². The molecule has 3 nitrogen and oxygen atoms in total. The van der Waals surface area contributed by atoms with Gasteiger partial charge >= 0.3 is 0 Å². The Kier molecular flexibility index (Phi) is 7.76. The SMILES string of the molecule is C=C(C)COc1ccc(Nc2cc(Cl)c(OCCCCl)c(Cl)c2)cc1. The molecule has 0 amide bonds.